The van der Waals surface area contributed by atoms with E-state index in [0.29, 0.717) is 17.1 Å². The van der Waals surface area contributed by atoms with Gasteiger partial charge in [0.1, 0.15) is 6.04 Å². The van der Waals surface area contributed by atoms with Gasteiger partial charge in [-0.1, -0.05) is 29.8 Å². The average Bonchev–Trinajstić information content (AvgIpc) is 2.39. The van der Waals surface area contributed by atoms with Gasteiger partial charge in [-0.05, 0) is 18.6 Å². The fraction of sp³-hybridized carbons (Fsp3) is 0.417. The molecule has 1 aromatic carbocycles. The van der Waals surface area contributed by atoms with Crippen LogP contribution in [0.5, 0.6) is 0 Å². The molecule has 7 heteroatoms. The Bertz CT molecular complexity index is 588. The summed E-state index contributed by atoms with van der Waals surface area (Å²) in [6, 6.07) is 5.92. The van der Waals surface area contributed by atoms with E-state index in [2.05, 4.69) is 5.32 Å². The van der Waals surface area contributed by atoms with Crippen LogP contribution in [0.3, 0.4) is 0 Å². The van der Waals surface area contributed by atoms with Gasteiger partial charge in [0.25, 0.3) is 0 Å². The summed E-state index contributed by atoms with van der Waals surface area (Å²) < 4.78 is 25.4. The molecule has 0 spiro atoms. The van der Waals surface area contributed by atoms with Crippen LogP contribution in [-0.4, -0.2) is 37.5 Å². The number of halogens is 1. The summed E-state index contributed by atoms with van der Waals surface area (Å²) in [5, 5.41) is 3.07. The van der Waals surface area contributed by atoms with Gasteiger partial charge < -0.3 is 5.32 Å². The molecule has 1 fully saturated rings. The highest BCUT2D eigenvalue weighted by atomic mass is 35.5. The predicted molar refractivity (Wildman–Crippen MR) is 73.4 cm³/mol. The summed E-state index contributed by atoms with van der Waals surface area (Å²) in [6.07, 6.45) is 0. The predicted octanol–water partition coefficient (Wildman–Crippen LogP) is 1.16. The SMILES string of the molecule is CCS(=O)(=O)N1CCNC(=O)C1c1ccccc1Cl. The number of nitrogens with zero attached hydrogens (tertiary/aromatic N) is 1. The largest absolute Gasteiger partial charge is 0.353 e. The first-order valence-electron chi connectivity index (χ1n) is 5.99. The Morgan fingerprint density at radius 2 is 2.11 bits per heavy atom. The maximum Gasteiger partial charge on any atom is 0.243 e. The molecule has 2 rings (SSSR count). The lowest BCUT2D eigenvalue weighted by Gasteiger charge is -2.34. The second-order valence-electron chi connectivity index (χ2n) is 4.23. The molecule has 1 saturated heterocycles. The molecule has 1 heterocycles. The number of rotatable bonds is 3. The Morgan fingerprint density at radius 3 is 2.74 bits per heavy atom. The molecule has 1 unspecified atom stereocenters. The molecule has 1 N–H and O–H groups in total. The number of sulfonamides is 1. The monoisotopic (exact) mass is 302 g/mol. The highest BCUT2D eigenvalue weighted by Crippen LogP contribution is 2.31. The molecule has 0 aliphatic carbocycles. The van der Waals surface area contributed by atoms with Crippen LogP contribution in [-0.2, 0) is 14.8 Å². The van der Waals surface area contributed by atoms with Gasteiger partial charge in [-0.2, -0.15) is 4.31 Å². The maximum absolute atomic E-state index is 12.1. The van der Waals surface area contributed by atoms with Gasteiger partial charge in [-0.15, -0.1) is 0 Å². The number of piperazine rings is 1. The lowest BCUT2D eigenvalue weighted by Crippen LogP contribution is -2.52. The second kappa shape index (κ2) is 5.48. The first kappa shape index (κ1) is 14.3. The first-order chi connectivity index (χ1) is 8.97. The van der Waals surface area contributed by atoms with Gasteiger partial charge in [0.05, 0.1) is 5.75 Å². The number of amides is 1. The third-order valence-electron chi connectivity index (χ3n) is 3.09. The molecule has 0 radical (unpaired) electrons. The zero-order chi connectivity index (χ0) is 14.0. The summed E-state index contributed by atoms with van der Waals surface area (Å²) in [6.45, 7) is 2.14. The fourth-order valence-electron chi connectivity index (χ4n) is 2.10. The molecule has 1 aliphatic rings. The molecule has 19 heavy (non-hydrogen) atoms. The van der Waals surface area contributed by atoms with Crippen LogP contribution in [0, 0.1) is 0 Å². The maximum atomic E-state index is 12.1. The zero-order valence-electron chi connectivity index (χ0n) is 10.5. The van der Waals surface area contributed by atoms with Crippen molar-refractivity contribution < 1.29 is 13.2 Å². The van der Waals surface area contributed by atoms with Crippen molar-refractivity contribution in [2.45, 2.75) is 13.0 Å². The van der Waals surface area contributed by atoms with E-state index in [1.165, 1.54) is 4.31 Å². The summed E-state index contributed by atoms with van der Waals surface area (Å²) in [5.41, 5.74) is 0.512. The molecule has 0 aromatic heterocycles. The molecular formula is C12H15ClN2O3S. The highest BCUT2D eigenvalue weighted by Gasteiger charge is 2.38. The molecule has 1 aliphatic heterocycles. The number of nitrogens with one attached hydrogen (secondary N) is 1. The first-order valence-corrected chi connectivity index (χ1v) is 7.97. The lowest BCUT2D eigenvalue weighted by molar-refractivity contribution is -0.126. The van der Waals surface area contributed by atoms with E-state index in [1.807, 2.05) is 0 Å². The summed E-state index contributed by atoms with van der Waals surface area (Å²) in [4.78, 5) is 12.0. The fourth-order valence-corrected chi connectivity index (χ4v) is 3.58. The Kier molecular flexibility index (Phi) is 4.13. The van der Waals surface area contributed by atoms with Gasteiger partial charge in [0.2, 0.25) is 15.9 Å². The molecule has 0 bridgehead atoms. The van der Waals surface area contributed by atoms with Gasteiger partial charge in [-0.3, -0.25) is 4.79 Å². The minimum absolute atomic E-state index is 0.0404. The van der Waals surface area contributed by atoms with Crippen molar-refractivity contribution in [1.29, 1.82) is 0 Å². The third kappa shape index (κ3) is 2.75. The lowest BCUT2D eigenvalue weighted by atomic mass is 10.0. The number of carbonyl (C=O) groups is 1. The second-order valence-corrected chi connectivity index (χ2v) is 6.84. The Balaban J connectivity index is 2.49. The van der Waals surface area contributed by atoms with E-state index < -0.39 is 16.1 Å². The van der Waals surface area contributed by atoms with E-state index >= 15 is 0 Å². The van der Waals surface area contributed by atoms with Gasteiger partial charge in [-0.25, -0.2) is 8.42 Å². The number of hydrogen-bond donors (Lipinski definition) is 1. The van der Waals surface area contributed by atoms with Gasteiger partial charge in [0.15, 0.2) is 0 Å². The number of benzene rings is 1. The van der Waals surface area contributed by atoms with Gasteiger partial charge >= 0.3 is 0 Å². The normalized spacial score (nSPS) is 21.2. The molecular weight excluding hydrogens is 288 g/mol. The minimum Gasteiger partial charge on any atom is -0.353 e. The summed E-state index contributed by atoms with van der Waals surface area (Å²) in [7, 11) is -3.45. The Labute approximate surface area is 117 Å². The van der Waals surface area contributed by atoms with E-state index in [1.54, 1.807) is 31.2 Å². The van der Waals surface area contributed by atoms with Crippen LogP contribution >= 0.6 is 11.6 Å². The van der Waals surface area contributed by atoms with Crippen molar-refractivity contribution in [2.24, 2.45) is 0 Å². The molecule has 104 valence electrons. The van der Waals surface area contributed by atoms with E-state index in [-0.39, 0.29) is 18.2 Å². The number of hydrogen-bond acceptors (Lipinski definition) is 3. The van der Waals surface area contributed by atoms with Crippen molar-refractivity contribution in [3.8, 4) is 0 Å². The topological polar surface area (TPSA) is 66.5 Å². The zero-order valence-corrected chi connectivity index (χ0v) is 12.0. The van der Waals surface area contributed by atoms with Gasteiger partial charge in [0, 0.05) is 18.1 Å². The van der Waals surface area contributed by atoms with Crippen LogP contribution in [0.15, 0.2) is 24.3 Å². The van der Waals surface area contributed by atoms with Crippen LogP contribution in [0.25, 0.3) is 0 Å². The summed E-state index contributed by atoms with van der Waals surface area (Å²) >= 11 is 6.08. The van der Waals surface area contributed by atoms with E-state index in [9.17, 15) is 13.2 Å². The molecule has 1 aromatic rings. The average molecular weight is 303 g/mol. The van der Waals surface area contributed by atoms with Crippen LogP contribution in [0.2, 0.25) is 5.02 Å². The van der Waals surface area contributed by atoms with Crippen LogP contribution < -0.4 is 5.32 Å². The van der Waals surface area contributed by atoms with Crippen molar-refractivity contribution in [3.63, 3.8) is 0 Å². The molecule has 5 nitrogen and oxygen atoms in total. The molecule has 0 saturated carbocycles. The van der Waals surface area contributed by atoms with Crippen LogP contribution in [0.4, 0.5) is 0 Å². The number of carbonyl (C=O) groups excluding carboxylic acids is 1. The van der Waals surface area contributed by atoms with E-state index in [4.69, 9.17) is 11.6 Å². The quantitative estimate of drug-likeness (QED) is 0.911. The highest BCUT2D eigenvalue weighted by molar-refractivity contribution is 7.89. The molecule has 1 amide bonds. The van der Waals surface area contributed by atoms with Crippen molar-refractivity contribution in [2.75, 3.05) is 18.8 Å². The minimum atomic E-state index is -3.45. The van der Waals surface area contributed by atoms with Crippen molar-refractivity contribution >= 4 is 27.5 Å². The third-order valence-corrected chi connectivity index (χ3v) is 5.27. The molecule has 1 atom stereocenters. The Hall–Kier alpha value is -1.11. The van der Waals surface area contributed by atoms with E-state index in [0.717, 1.165) is 0 Å². The Morgan fingerprint density at radius 1 is 1.42 bits per heavy atom. The standard InChI is InChI=1S/C12H15ClN2O3S/c1-2-19(17,18)15-8-7-14-12(16)11(15)9-5-3-4-6-10(9)13/h3-6,11H,2,7-8H2,1H3,(H,14,16). The van der Waals surface area contributed by atoms with Crippen molar-refractivity contribution in [1.82, 2.24) is 9.62 Å². The summed E-state index contributed by atoms with van der Waals surface area (Å²) in [5.74, 6) is -0.377. The van der Waals surface area contributed by atoms with Crippen molar-refractivity contribution in [3.05, 3.63) is 34.9 Å². The smallest absolute Gasteiger partial charge is 0.243 e. The van der Waals surface area contributed by atoms with Crippen LogP contribution in [0.1, 0.15) is 18.5 Å².